The number of methoxy groups -OCH3 is 1. The Morgan fingerprint density at radius 2 is 1.59 bits per heavy atom. The molecule has 0 atom stereocenters. The molecule has 0 aliphatic heterocycles. The first-order valence-electron chi connectivity index (χ1n) is 7.48. The van der Waals surface area contributed by atoms with Crippen molar-refractivity contribution in [1.82, 2.24) is 4.90 Å². The minimum atomic E-state index is -0.365. The molecule has 0 fully saturated rings. The summed E-state index contributed by atoms with van der Waals surface area (Å²) in [5.41, 5.74) is 0.488. The Balaban J connectivity index is 2.73. The Morgan fingerprint density at radius 1 is 1.09 bits per heavy atom. The SMILES string of the molecule is COC(=O)c1ccc(OC(=S)N(CC(C)C)CC(C)C)cc1. The van der Waals surface area contributed by atoms with Crippen LogP contribution in [0.25, 0.3) is 0 Å². The van der Waals surface area contributed by atoms with Crippen LogP contribution in [0, 0.1) is 11.8 Å². The Bertz CT molecular complexity index is 487. The molecule has 0 amide bonds. The van der Waals surface area contributed by atoms with E-state index in [9.17, 15) is 4.79 Å². The average Bonchev–Trinajstić information content (AvgIpc) is 2.45. The van der Waals surface area contributed by atoms with Crippen molar-refractivity contribution in [1.29, 1.82) is 0 Å². The summed E-state index contributed by atoms with van der Waals surface area (Å²) in [5, 5.41) is 0.466. The molecule has 0 saturated heterocycles. The Labute approximate surface area is 138 Å². The lowest BCUT2D eigenvalue weighted by Gasteiger charge is -2.28. The highest BCUT2D eigenvalue weighted by Crippen LogP contribution is 2.15. The zero-order valence-electron chi connectivity index (χ0n) is 14.0. The van der Waals surface area contributed by atoms with E-state index in [0.29, 0.717) is 28.3 Å². The van der Waals surface area contributed by atoms with Gasteiger partial charge in [-0.1, -0.05) is 27.7 Å². The largest absolute Gasteiger partial charge is 0.465 e. The summed E-state index contributed by atoms with van der Waals surface area (Å²) < 4.78 is 10.4. The highest BCUT2D eigenvalue weighted by atomic mass is 32.1. The predicted molar refractivity (Wildman–Crippen MR) is 92.3 cm³/mol. The van der Waals surface area contributed by atoms with Gasteiger partial charge in [0.2, 0.25) is 0 Å². The number of rotatable bonds is 6. The summed E-state index contributed by atoms with van der Waals surface area (Å²) in [6, 6.07) is 6.78. The number of carbonyl (C=O) groups is 1. The van der Waals surface area contributed by atoms with E-state index in [1.807, 2.05) is 0 Å². The first kappa shape index (κ1) is 18.4. The van der Waals surface area contributed by atoms with Gasteiger partial charge in [0.15, 0.2) is 0 Å². The fourth-order valence-corrected chi connectivity index (χ4v) is 2.29. The fraction of sp³-hybridized carbons (Fsp3) is 0.529. The van der Waals surface area contributed by atoms with Gasteiger partial charge in [0.05, 0.1) is 12.7 Å². The first-order valence-corrected chi connectivity index (χ1v) is 7.89. The first-order chi connectivity index (χ1) is 10.3. The molecule has 0 saturated carbocycles. The number of hydrogen-bond donors (Lipinski definition) is 0. The highest BCUT2D eigenvalue weighted by molar-refractivity contribution is 7.80. The minimum absolute atomic E-state index is 0.365. The minimum Gasteiger partial charge on any atom is -0.465 e. The summed E-state index contributed by atoms with van der Waals surface area (Å²) in [6.07, 6.45) is 0. The van der Waals surface area contributed by atoms with Crippen LogP contribution >= 0.6 is 12.2 Å². The molecule has 0 spiro atoms. The zero-order valence-corrected chi connectivity index (χ0v) is 14.8. The van der Waals surface area contributed by atoms with Gasteiger partial charge < -0.3 is 14.4 Å². The van der Waals surface area contributed by atoms with Gasteiger partial charge >= 0.3 is 5.97 Å². The van der Waals surface area contributed by atoms with E-state index in [1.54, 1.807) is 24.3 Å². The maximum Gasteiger partial charge on any atom is 0.337 e. The van der Waals surface area contributed by atoms with Gasteiger partial charge in [-0.3, -0.25) is 0 Å². The normalized spacial score (nSPS) is 10.7. The van der Waals surface area contributed by atoms with Crippen LogP contribution in [-0.2, 0) is 4.74 Å². The van der Waals surface area contributed by atoms with Gasteiger partial charge in [0.1, 0.15) is 5.75 Å². The Hall–Kier alpha value is -1.62. The zero-order chi connectivity index (χ0) is 16.7. The quantitative estimate of drug-likeness (QED) is 0.589. The second-order valence-electron chi connectivity index (χ2n) is 6.08. The van der Waals surface area contributed by atoms with Crippen molar-refractivity contribution in [2.45, 2.75) is 27.7 Å². The van der Waals surface area contributed by atoms with Crippen molar-refractivity contribution in [2.75, 3.05) is 20.2 Å². The second kappa shape index (κ2) is 8.73. The van der Waals surface area contributed by atoms with Crippen LogP contribution in [0.15, 0.2) is 24.3 Å². The van der Waals surface area contributed by atoms with Gasteiger partial charge in [-0.2, -0.15) is 0 Å². The molecule has 0 aromatic heterocycles. The van der Waals surface area contributed by atoms with Gasteiger partial charge in [-0.25, -0.2) is 4.79 Å². The highest BCUT2D eigenvalue weighted by Gasteiger charge is 2.15. The third-order valence-electron chi connectivity index (χ3n) is 2.91. The van der Waals surface area contributed by atoms with E-state index in [1.165, 1.54) is 7.11 Å². The Morgan fingerprint density at radius 3 is 2.00 bits per heavy atom. The topological polar surface area (TPSA) is 38.8 Å². The van der Waals surface area contributed by atoms with Crippen LogP contribution in [0.4, 0.5) is 0 Å². The van der Waals surface area contributed by atoms with Gasteiger partial charge in [-0.15, -0.1) is 0 Å². The third-order valence-corrected chi connectivity index (χ3v) is 3.25. The van der Waals surface area contributed by atoms with E-state index in [0.717, 1.165) is 13.1 Å². The van der Waals surface area contributed by atoms with Gasteiger partial charge in [0, 0.05) is 13.1 Å². The van der Waals surface area contributed by atoms with Crippen molar-refractivity contribution in [3.63, 3.8) is 0 Å². The molecule has 0 heterocycles. The van der Waals surface area contributed by atoms with Crippen LogP contribution < -0.4 is 4.74 Å². The molecule has 122 valence electrons. The van der Waals surface area contributed by atoms with E-state index in [4.69, 9.17) is 17.0 Å². The number of thiocarbonyl (C=S) groups is 1. The van der Waals surface area contributed by atoms with E-state index < -0.39 is 0 Å². The smallest absolute Gasteiger partial charge is 0.337 e. The molecule has 0 aliphatic carbocycles. The number of benzene rings is 1. The molecule has 4 nitrogen and oxygen atoms in total. The van der Waals surface area contributed by atoms with Crippen LogP contribution in [-0.4, -0.2) is 36.2 Å². The molecular formula is C17H25NO3S. The summed E-state index contributed by atoms with van der Waals surface area (Å²) in [6.45, 7) is 10.3. The summed E-state index contributed by atoms with van der Waals surface area (Å²) in [5.74, 6) is 1.26. The van der Waals surface area contributed by atoms with Crippen molar-refractivity contribution in [3.8, 4) is 5.75 Å². The molecule has 1 aromatic carbocycles. The molecule has 0 radical (unpaired) electrons. The number of ether oxygens (including phenoxy) is 2. The molecule has 0 aliphatic rings. The lowest BCUT2D eigenvalue weighted by molar-refractivity contribution is 0.0600. The molecular weight excluding hydrogens is 298 g/mol. The Kier molecular flexibility index (Phi) is 7.32. The predicted octanol–water partition coefficient (Wildman–Crippen LogP) is 3.75. The number of esters is 1. The maximum absolute atomic E-state index is 11.4. The lowest BCUT2D eigenvalue weighted by atomic mass is 10.1. The number of hydrogen-bond acceptors (Lipinski definition) is 4. The monoisotopic (exact) mass is 323 g/mol. The molecule has 0 bridgehead atoms. The molecule has 0 unspecified atom stereocenters. The number of carbonyl (C=O) groups excluding carboxylic acids is 1. The summed E-state index contributed by atoms with van der Waals surface area (Å²) >= 11 is 5.41. The van der Waals surface area contributed by atoms with Crippen LogP contribution in [0.2, 0.25) is 0 Å². The van der Waals surface area contributed by atoms with E-state index in [2.05, 4.69) is 37.3 Å². The molecule has 1 aromatic rings. The van der Waals surface area contributed by atoms with Gasteiger partial charge in [0.25, 0.3) is 5.17 Å². The van der Waals surface area contributed by atoms with Crippen LogP contribution in [0.3, 0.4) is 0 Å². The van der Waals surface area contributed by atoms with Crippen molar-refractivity contribution in [3.05, 3.63) is 29.8 Å². The maximum atomic E-state index is 11.4. The van der Waals surface area contributed by atoms with Crippen molar-refractivity contribution >= 4 is 23.4 Å². The number of nitrogens with zero attached hydrogens (tertiary/aromatic N) is 1. The van der Waals surface area contributed by atoms with E-state index >= 15 is 0 Å². The van der Waals surface area contributed by atoms with Crippen molar-refractivity contribution < 1.29 is 14.3 Å². The third kappa shape index (κ3) is 6.02. The average molecular weight is 323 g/mol. The summed E-state index contributed by atoms with van der Waals surface area (Å²) in [7, 11) is 1.36. The molecule has 5 heteroatoms. The van der Waals surface area contributed by atoms with Gasteiger partial charge in [-0.05, 0) is 48.3 Å². The van der Waals surface area contributed by atoms with Crippen LogP contribution in [0.5, 0.6) is 5.75 Å². The molecule has 1 rings (SSSR count). The summed E-state index contributed by atoms with van der Waals surface area (Å²) in [4.78, 5) is 13.5. The van der Waals surface area contributed by atoms with Crippen molar-refractivity contribution in [2.24, 2.45) is 11.8 Å². The second-order valence-corrected chi connectivity index (χ2v) is 6.43. The lowest BCUT2D eigenvalue weighted by Crippen LogP contribution is -2.38. The molecule has 0 N–H and O–H groups in total. The standard InChI is InChI=1S/C17H25NO3S/c1-12(2)10-18(11-13(3)4)17(22)21-15-8-6-14(7-9-15)16(19)20-5/h6-9,12-13H,10-11H2,1-5H3. The van der Waals surface area contributed by atoms with Crippen LogP contribution in [0.1, 0.15) is 38.1 Å². The van der Waals surface area contributed by atoms with E-state index in [-0.39, 0.29) is 5.97 Å². The molecule has 22 heavy (non-hydrogen) atoms. The fourth-order valence-electron chi connectivity index (χ4n) is 2.05.